The topological polar surface area (TPSA) is 72.9 Å². The van der Waals surface area contributed by atoms with Crippen LogP contribution in [-0.2, 0) is 18.4 Å². The minimum atomic E-state index is -0.336. The van der Waals surface area contributed by atoms with Gasteiger partial charge in [0.05, 0.1) is 17.7 Å². The molecule has 0 unspecified atom stereocenters. The highest BCUT2D eigenvalue weighted by Gasteiger charge is 2.37. The first kappa shape index (κ1) is 13.1. The Labute approximate surface area is 108 Å². The molecule has 0 aromatic carbocycles. The number of aryl methyl sites for hydroxylation is 1. The number of hydrogen-bond donors (Lipinski definition) is 2. The van der Waals surface area contributed by atoms with Crippen LogP contribution in [0.25, 0.3) is 0 Å². The molecule has 100 valence electrons. The molecule has 1 aliphatic carbocycles. The van der Waals surface area contributed by atoms with Crippen molar-refractivity contribution in [2.75, 3.05) is 6.54 Å². The van der Waals surface area contributed by atoms with Crippen LogP contribution in [-0.4, -0.2) is 22.2 Å². The Hall–Kier alpha value is -1.36. The predicted molar refractivity (Wildman–Crippen MR) is 69.6 cm³/mol. The van der Waals surface area contributed by atoms with Gasteiger partial charge in [-0.2, -0.15) is 5.10 Å². The van der Waals surface area contributed by atoms with Gasteiger partial charge in [-0.3, -0.25) is 9.48 Å². The minimum absolute atomic E-state index is 0.103. The Bertz CT molecular complexity index is 407. The lowest BCUT2D eigenvalue weighted by atomic mass is 9.73. The largest absolute Gasteiger partial charge is 0.350 e. The van der Waals surface area contributed by atoms with Crippen LogP contribution in [0.5, 0.6) is 0 Å². The average molecular weight is 250 g/mol. The molecule has 1 aromatic heterocycles. The van der Waals surface area contributed by atoms with Crippen molar-refractivity contribution >= 4 is 5.91 Å². The maximum absolute atomic E-state index is 12.3. The van der Waals surface area contributed by atoms with Gasteiger partial charge in [-0.15, -0.1) is 0 Å². The molecule has 18 heavy (non-hydrogen) atoms. The van der Waals surface area contributed by atoms with E-state index in [1.165, 1.54) is 6.42 Å². The van der Waals surface area contributed by atoms with E-state index in [2.05, 4.69) is 10.4 Å². The molecule has 5 nitrogen and oxygen atoms in total. The number of carbonyl (C=O) groups excluding carboxylic acids is 1. The number of nitrogens with one attached hydrogen (secondary N) is 1. The maximum atomic E-state index is 12.3. The number of nitrogens with two attached hydrogens (primary N) is 1. The third-order valence-corrected chi connectivity index (χ3v) is 4.04. The number of hydrogen-bond acceptors (Lipinski definition) is 3. The van der Waals surface area contributed by atoms with E-state index in [-0.39, 0.29) is 11.3 Å². The molecular formula is C13H22N4O. The number of aromatic nitrogens is 2. The summed E-state index contributed by atoms with van der Waals surface area (Å²) in [4.78, 5) is 12.3. The van der Waals surface area contributed by atoms with Gasteiger partial charge in [0.15, 0.2) is 0 Å². The molecule has 1 saturated carbocycles. The monoisotopic (exact) mass is 250 g/mol. The molecule has 0 atom stereocenters. The summed E-state index contributed by atoms with van der Waals surface area (Å²) in [5.74, 6) is 0.103. The lowest BCUT2D eigenvalue weighted by Gasteiger charge is -2.34. The third kappa shape index (κ3) is 2.56. The highest BCUT2D eigenvalue weighted by molar-refractivity contribution is 5.82. The molecule has 0 bridgehead atoms. The zero-order valence-corrected chi connectivity index (χ0v) is 11.0. The first-order chi connectivity index (χ1) is 8.68. The van der Waals surface area contributed by atoms with Crippen molar-refractivity contribution in [3.8, 4) is 0 Å². The summed E-state index contributed by atoms with van der Waals surface area (Å²) in [6.07, 6.45) is 7.01. The Kier molecular flexibility index (Phi) is 4.01. The fourth-order valence-electron chi connectivity index (χ4n) is 2.69. The van der Waals surface area contributed by atoms with Gasteiger partial charge in [-0.05, 0) is 18.9 Å². The molecule has 0 spiro atoms. The average Bonchev–Trinajstić information content (AvgIpc) is 2.82. The standard InChI is InChI=1S/C13H22N4O/c1-17-11(5-8-16-17)9-15-12(18)13(10-14)6-3-2-4-7-13/h5,8H,2-4,6-7,9-10,14H2,1H3,(H,15,18). The molecule has 1 heterocycles. The Balaban J connectivity index is 1.96. The van der Waals surface area contributed by atoms with Gasteiger partial charge >= 0.3 is 0 Å². The second-order valence-electron chi connectivity index (χ2n) is 5.17. The fourth-order valence-corrected chi connectivity index (χ4v) is 2.69. The van der Waals surface area contributed by atoms with E-state index >= 15 is 0 Å². The zero-order chi connectivity index (χ0) is 13.0. The Morgan fingerprint density at radius 2 is 2.22 bits per heavy atom. The van der Waals surface area contributed by atoms with Crippen molar-refractivity contribution in [3.05, 3.63) is 18.0 Å². The van der Waals surface area contributed by atoms with E-state index in [0.29, 0.717) is 13.1 Å². The van der Waals surface area contributed by atoms with Gasteiger partial charge < -0.3 is 11.1 Å². The van der Waals surface area contributed by atoms with Gasteiger partial charge in [0, 0.05) is 19.8 Å². The van der Waals surface area contributed by atoms with Gasteiger partial charge in [-0.1, -0.05) is 19.3 Å². The summed E-state index contributed by atoms with van der Waals surface area (Å²) in [5.41, 5.74) is 6.51. The van der Waals surface area contributed by atoms with Crippen LogP contribution in [0, 0.1) is 5.41 Å². The van der Waals surface area contributed by atoms with Crippen molar-refractivity contribution in [1.29, 1.82) is 0 Å². The van der Waals surface area contributed by atoms with Crippen LogP contribution < -0.4 is 11.1 Å². The summed E-state index contributed by atoms with van der Waals surface area (Å²) in [6.45, 7) is 0.974. The van der Waals surface area contributed by atoms with E-state index in [4.69, 9.17) is 5.73 Å². The number of carbonyl (C=O) groups is 1. The van der Waals surface area contributed by atoms with Crippen LogP contribution in [0.1, 0.15) is 37.8 Å². The normalized spacial score (nSPS) is 18.6. The van der Waals surface area contributed by atoms with Crippen LogP contribution in [0.2, 0.25) is 0 Å². The van der Waals surface area contributed by atoms with Crippen molar-refractivity contribution in [2.24, 2.45) is 18.2 Å². The van der Waals surface area contributed by atoms with Crippen molar-refractivity contribution < 1.29 is 4.79 Å². The Morgan fingerprint density at radius 1 is 1.50 bits per heavy atom. The second kappa shape index (κ2) is 5.52. The van der Waals surface area contributed by atoms with Crippen LogP contribution >= 0.6 is 0 Å². The van der Waals surface area contributed by atoms with Crippen molar-refractivity contribution in [2.45, 2.75) is 38.6 Å². The second-order valence-corrected chi connectivity index (χ2v) is 5.17. The van der Waals surface area contributed by atoms with Gasteiger partial charge in [0.25, 0.3) is 0 Å². The lowest BCUT2D eigenvalue weighted by Crippen LogP contribution is -2.47. The Morgan fingerprint density at radius 3 is 2.78 bits per heavy atom. The molecule has 1 aromatic rings. The van der Waals surface area contributed by atoms with Gasteiger partial charge in [0.2, 0.25) is 5.91 Å². The summed E-state index contributed by atoms with van der Waals surface area (Å²) in [7, 11) is 1.88. The minimum Gasteiger partial charge on any atom is -0.350 e. The summed E-state index contributed by atoms with van der Waals surface area (Å²) < 4.78 is 1.77. The summed E-state index contributed by atoms with van der Waals surface area (Å²) in [6, 6.07) is 1.91. The van der Waals surface area contributed by atoms with Crippen LogP contribution in [0.4, 0.5) is 0 Å². The number of rotatable bonds is 4. The van der Waals surface area contributed by atoms with E-state index in [9.17, 15) is 4.79 Å². The molecule has 0 radical (unpaired) electrons. The van der Waals surface area contributed by atoms with E-state index in [1.54, 1.807) is 10.9 Å². The van der Waals surface area contributed by atoms with Crippen molar-refractivity contribution in [3.63, 3.8) is 0 Å². The number of nitrogens with zero attached hydrogens (tertiary/aromatic N) is 2. The third-order valence-electron chi connectivity index (χ3n) is 4.04. The zero-order valence-electron chi connectivity index (χ0n) is 11.0. The molecule has 1 aliphatic rings. The van der Waals surface area contributed by atoms with Crippen molar-refractivity contribution in [1.82, 2.24) is 15.1 Å². The van der Waals surface area contributed by atoms with Crippen LogP contribution in [0.15, 0.2) is 12.3 Å². The lowest BCUT2D eigenvalue weighted by molar-refractivity contribution is -0.132. The first-order valence-electron chi connectivity index (χ1n) is 6.63. The predicted octanol–water partition coefficient (Wildman–Crippen LogP) is 0.945. The van der Waals surface area contributed by atoms with Crippen LogP contribution in [0.3, 0.4) is 0 Å². The quantitative estimate of drug-likeness (QED) is 0.835. The fraction of sp³-hybridized carbons (Fsp3) is 0.692. The highest BCUT2D eigenvalue weighted by Crippen LogP contribution is 2.35. The SMILES string of the molecule is Cn1nccc1CNC(=O)C1(CN)CCCCC1. The molecular weight excluding hydrogens is 228 g/mol. The summed E-state index contributed by atoms with van der Waals surface area (Å²) >= 11 is 0. The molecule has 5 heteroatoms. The highest BCUT2D eigenvalue weighted by atomic mass is 16.2. The molecule has 2 rings (SSSR count). The summed E-state index contributed by atoms with van der Waals surface area (Å²) in [5, 5.41) is 7.09. The maximum Gasteiger partial charge on any atom is 0.227 e. The van der Waals surface area contributed by atoms with E-state index < -0.39 is 0 Å². The van der Waals surface area contributed by atoms with Gasteiger partial charge in [-0.25, -0.2) is 0 Å². The molecule has 1 amide bonds. The van der Waals surface area contributed by atoms with Gasteiger partial charge in [0.1, 0.15) is 0 Å². The van der Waals surface area contributed by atoms with E-state index in [1.807, 2.05) is 13.1 Å². The first-order valence-corrected chi connectivity index (χ1v) is 6.63. The van der Waals surface area contributed by atoms with E-state index in [0.717, 1.165) is 31.4 Å². The molecule has 0 aliphatic heterocycles. The smallest absolute Gasteiger partial charge is 0.227 e. The molecule has 0 saturated heterocycles. The molecule has 3 N–H and O–H groups in total. The number of amides is 1. The molecule has 1 fully saturated rings.